The molecule has 88 valence electrons. The largest absolute Gasteiger partial charge is 0.444 e. The van der Waals surface area contributed by atoms with Crippen LogP contribution < -0.4 is 5.32 Å². The number of carbonyl (C=O) groups is 1. The summed E-state index contributed by atoms with van der Waals surface area (Å²) in [5, 5.41) is 2.25. The minimum absolute atomic E-state index is 0.301. The molecule has 1 N–H and O–H groups in total. The maximum Gasteiger partial charge on any atom is 0.408 e. The first-order valence-electron chi connectivity index (χ1n) is 4.95. The summed E-state index contributed by atoms with van der Waals surface area (Å²) in [6, 6.07) is 0. The SMILES string of the molecule is CC(C)(C)OC(=O)NC1(C(C)(F)F)CC1. The van der Waals surface area contributed by atoms with Gasteiger partial charge in [0, 0.05) is 6.92 Å². The Morgan fingerprint density at radius 2 is 1.73 bits per heavy atom. The van der Waals surface area contributed by atoms with Crippen LogP contribution in [0.5, 0.6) is 0 Å². The number of rotatable bonds is 2. The van der Waals surface area contributed by atoms with Gasteiger partial charge in [0.25, 0.3) is 5.92 Å². The lowest BCUT2D eigenvalue weighted by Gasteiger charge is -2.26. The van der Waals surface area contributed by atoms with Crippen molar-refractivity contribution in [3.05, 3.63) is 0 Å². The van der Waals surface area contributed by atoms with Crippen molar-refractivity contribution in [1.29, 1.82) is 0 Å². The number of alkyl carbamates (subject to hydrolysis) is 1. The number of alkyl halides is 2. The van der Waals surface area contributed by atoms with Crippen LogP contribution in [0.15, 0.2) is 0 Å². The molecule has 0 aliphatic heterocycles. The summed E-state index contributed by atoms with van der Waals surface area (Å²) in [6.07, 6.45) is -0.174. The van der Waals surface area contributed by atoms with Crippen LogP contribution in [0.3, 0.4) is 0 Å². The number of halogens is 2. The van der Waals surface area contributed by atoms with Crippen molar-refractivity contribution in [3.8, 4) is 0 Å². The third-order valence-electron chi connectivity index (χ3n) is 2.33. The molecule has 0 unspecified atom stereocenters. The highest BCUT2D eigenvalue weighted by Gasteiger charge is 2.60. The lowest BCUT2D eigenvalue weighted by atomic mass is 10.1. The predicted molar refractivity (Wildman–Crippen MR) is 52.0 cm³/mol. The van der Waals surface area contributed by atoms with Crippen LogP contribution in [0.2, 0.25) is 0 Å². The molecule has 0 aromatic carbocycles. The Balaban J connectivity index is 2.53. The summed E-state index contributed by atoms with van der Waals surface area (Å²) >= 11 is 0. The molecule has 15 heavy (non-hydrogen) atoms. The van der Waals surface area contributed by atoms with E-state index >= 15 is 0 Å². The molecule has 0 saturated heterocycles. The van der Waals surface area contributed by atoms with Gasteiger partial charge in [-0.15, -0.1) is 0 Å². The summed E-state index contributed by atoms with van der Waals surface area (Å²) in [7, 11) is 0. The van der Waals surface area contributed by atoms with E-state index < -0.39 is 23.2 Å². The zero-order valence-electron chi connectivity index (χ0n) is 9.49. The van der Waals surface area contributed by atoms with Crippen molar-refractivity contribution in [2.24, 2.45) is 0 Å². The number of amides is 1. The van der Waals surface area contributed by atoms with E-state index in [9.17, 15) is 13.6 Å². The van der Waals surface area contributed by atoms with E-state index in [1.807, 2.05) is 0 Å². The van der Waals surface area contributed by atoms with E-state index in [4.69, 9.17) is 4.74 Å². The molecule has 0 aromatic rings. The maximum atomic E-state index is 13.1. The van der Waals surface area contributed by atoms with Gasteiger partial charge in [-0.3, -0.25) is 0 Å². The Morgan fingerprint density at radius 3 is 2.00 bits per heavy atom. The monoisotopic (exact) mass is 221 g/mol. The van der Waals surface area contributed by atoms with Crippen LogP contribution in [0, 0.1) is 0 Å². The van der Waals surface area contributed by atoms with Gasteiger partial charge in [-0.2, -0.15) is 0 Å². The van der Waals surface area contributed by atoms with E-state index in [1.54, 1.807) is 20.8 Å². The van der Waals surface area contributed by atoms with Crippen LogP contribution in [-0.2, 0) is 4.74 Å². The molecule has 0 bridgehead atoms. The Labute approximate surface area is 88.2 Å². The van der Waals surface area contributed by atoms with Crippen molar-refractivity contribution in [3.63, 3.8) is 0 Å². The third kappa shape index (κ3) is 3.04. The van der Waals surface area contributed by atoms with Crippen LogP contribution in [0.4, 0.5) is 13.6 Å². The Kier molecular flexibility index (Phi) is 2.70. The summed E-state index contributed by atoms with van der Waals surface area (Å²) in [6.45, 7) is 5.89. The Hall–Kier alpha value is -0.870. The first kappa shape index (κ1) is 12.2. The van der Waals surface area contributed by atoms with E-state index in [0.29, 0.717) is 12.8 Å². The molecule has 1 fully saturated rings. The minimum atomic E-state index is -2.90. The van der Waals surface area contributed by atoms with Gasteiger partial charge in [0.1, 0.15) is 11.1 Å². The predicted octanol–water partition coefficient (Wildman–Crippen LogP) is 2.70. The zero-order chi connectivity index (χ0) is 11.9. The number of nitrogens with one attached hydrogen (secondary N) is 1. The first-order valence-corrected chi connectivity index (χ1v) is 4.95. The number of carbonyl (C=O) groups excluding carboxylic acids is 1. The van der Waals surface area contributed by atoms with Crippen LogP contribution in [0.25, 0.3) is 0 Å². The fraction of sp³-hybridized carbons (Fsp3) is 0.900. The van der Waals surface area contributed by atoms with Gasteiger partial charge in [-0.1, -0.05) is 0 Å². The Morgan fingerprint density at radius 1 is 1.27 bits per heavy atom. The molecule has 1 saturated carbocycles. The first-order chi connectivity index (χ1) is 6.56. The second-order valence-electron chi connectivity index (χ2n) is 5.10. The quantitative estimate of drug-likeness (QED) is 0.778. The molecular weight excluding hydrogens is 204 g/mol. The fourth-order valence-electron chi connectivity index (χ4n) is 1.30. The molecule has 5 heteroatoms. The van der Waals surface area contributed by atoms with Crippen LogP contribution in [-0.4, -0.2) is 23.2 Å². The fourth-order valence-corrected chi connectivity index (χ4v) is 1.30. The summed E-state index contributed by atoms with van der Waals surface area (Å²) in [5.74, 6) is -2.90. The second-order valence-corrected chi connectivity index (χ2v) is 5.10. The number of ether oxygens (including phenoxy) is 1. The van der Waals surface area contributed by atoms with Gasteiger partial charge >= 0.3 is 6.09 Å². The van der Waals surface area contributed by atoms with E-state index in [1.165, 1.54) is 0 Å². The van der Waals surface area contributed by atoms with Crippen molar-refractivity contribution in [2.75, 3.05) is 0 Å². The number of hydrogen-bond acceptors (Lipinski definition) is 2. The molecule has 1 aliphatic carbocycles. The molecule has 0 heterocycles. The van der Waals surface area contributed by atoms with Crippen molar-refractivity contribution in [1.82, 2.24) is 5.32 Å². The van der Waals surface area contributed by atoms with Gasteiger partial charge in [-0.05, 0) is 33.6 Å². The van der Waals surface area contributed by atoms with Crippen LogP contribution in [0.1, 0.15) is 40.5 Å². The highest BCUT2D eigenvalue weighted by atomic mass is 19.3. The molecular formula is C10H17F2NO2. The van der Waals surface area contributed by atoms with Gasteiger partial charge in [0.05, 0.1) is 0 Å². The minimum Gasteiger partial charge on any atom is -0.444 e. The maximum absolute atomic E-state index is 13.1. The average molecular weight is 221 g/mol. The summed E-state index contributed by atoms with van der Waals surface area (Å²) < 4.78 is 31.1. The molecule has 3 nitrogen and oxygen atoms in total. The average Bonchev–Trinajstić information content (AvgIpc) is 2.61. The smallest absolute Gasteiger partial charge is 0.408 e. The molecule has 0 aromatic heterocycles. The molecule has 1 rings (SSSR count). The molecule has 0 spiro atoms. The number of hydrogen-bond donors (Lipinski definition) is 1. The topological polar surface area (TPSA) is 38.3 Å². The van der Waals surface area contributed by atoms with Crippen molar-refractivity contribution < 1.29 is 18.3 Å². The van der Waals surface area contributed by atoms with Crippen molar-refractivity contribution >= 4 is 6.09 Å². The molecule has 0 radical (unpaired) electrons. The van der Waals surface area contributed by atoms with E-state index in [2.05, 4.69) is 5.32 Å². The summed E-state index contributed by atoms with van der Waals surface area (Å²) in [5.41, 5.74) is -2.04. The van der Waals surface area contributed by atoms with Gasteiger partial charge in [-0.25, -0.2) is 13.6 Å². The molecule has 1 aliphatic rings. The van der Waals surface area contributed by atoms with Crippen molar-refractivity contribution in [2.45, 2.75) is 57.6 Å². The van der Waals surface area contributed by atoms with Gasteiger partial charge in [0.15, 0.2) is 0 Å². The normalized spacial score (nSPS) is 19.6. The lowest BCUT2D eigenvalue weighted by molar-refractivity contribution is -0.0350. The van der Waals surface area contributed by atoms with Crippen LogP contribution >= 0.6 is 0 Å². The Bertz CT molecular complexity index is 262. The third-order valence-corrected chi connectivity index (χ3v) is 2.33. The van der Waals surface area contributed by atoms with Gasteiger partial charge < -0.3 is 10.1 Å². The summed E-state index contributed by atoms with van der Waals surface area (Å²) in [4.78, 5) is 11.3. The molecule has 1 amide bonds. The lowest BCUT2D eigenvalue weighted by Crippen LogP contribution is -2.50. The highest BCUT2D eigenvalue weighted by molar-refractivity contribution is 5.69. The second kappa shape index (κ2) is 3.32. The standard InChI is InChI=1S/C10H17F2NO2/c1-8(2,3)15-7(14)13-10(5-6-10)9(4,11)12/h5-6H2,1-4H3,(H,13,14). The van der Waals surface area contributed by atoms with Gasteiger partial charge in [0.2, 0.25) is 0 Å². The highest BCUT2D eigenvalue weighted by Crippen LogP contribution is 2.47. The molecule has 0 atom stereocenters. The van der Waals surface area contributed by atoms with E-state index in [0.717, 1.165) is 6.92 Å². The van der Waals surface area contributed by atoms with E-state index in [-0.39, 0.29) is 0 Å². The zero-order valence-corrected chi connectivity index (χ0v) is 9.49.